The molecule has 0 saturated carbocycles. The Morgan fingerprint density at radius 3 is 2.73 bits per heavy atom. The van der Waals surface area contributed by atoms with Gasteiger partial charge < -0.3 is 10.2 Å². The van der Waals surface area contributed by atoms with Crippen LogP contribution in [0.15, 0.2) is 18.2 Å². The fourth-order valence-corrected chi connectivity index (χ4v) is 1.34. The number of rotatable bonds is 5. The predicted octanol–water partition coefficient (Wildman–Crippen LogP) is 1.62. The van der Waals surface area contributed by atoms with Crippen molar-refractivity contribution in [3.8, 4) is 0 Å². The highest BCUT2D eigenvalue weighted by Crippen LogP contribution is 2.12. The van der Waals surface area contributed by atoms with Crippen LogP contribution in [0.4, 0.5) is 8.78 Å². The van der Waals surface area contributed by atoms with Crippen LogP contribution in [0.25, 0.3) is 0 Å². The van der Waals surface area contributed by atoms with E-state index in [1.165, 1.54) is 6.07 Å². The Hall–Kier alpha value is -1.00. The minimum absolute atomic E-state index is 0.397. The van der Waals surface area contributed by atoms with E-state index < -0.39 is 11.6 Å². The highest BCUT2D eigenvalue weighted by atomic mass is 19.2. The number of benzene rings is 1. The van der Waals surface area contributed by atoms with Gasteiger partial charge in [0.1, 0.15) is 0 Å². The van der Waals surface area contributed by atoms with Crippen molar-refractivity contribution in [1.82, 2.24) is 10.2 Å². The molecule has 0 heterocycles. The molecule has 0 aromatic heterocycles. The summed E-state index contributed by atoms with van der Waals surface area (Å²) in [5.74, 6) is -1.52. The van der Waals surface area contributed by atoms with Gasteiger partial charge in [0, 0.05) is 25.2 Å². The summed E-state index contributed by atoms with van der Waals surface area (Å²) in [5, 5.41) is 3.00. The van der Waals surface area contributed by atoms with E-state index in [0.717, 1.165) is 19.2 Å². The Kier molecular flexibility index (Phi) is 4.65. The van der Waals surface area contributed by atoms with Crippen molar-refractivity contribution in [2.24, 2.45) is 0 Å². The summed E-state index contributed by atoms with van der Waals surface area (Å²) < 4.78 is 26.1. The molecule has 1 rings (SSSR count). The van der Waals surface area contributed by atoms with Crippen molar-refractivity contribution < 1.29 is 8.78 Å². The molecule has 0 atom stereocenters. The molecule has 0 aliphatic carbocycles. The third kappa shape index (κ3) is 3.57. The van der Waals surface area contributed by atoms with E-state index in [4.69, 9.17) is 0 Å². The minimum atomic E-state index is -0.783. The zero-order valence-electron chi connectivity index (χ0n) is 9.06. The van der Waals surface area contributed by atoms with Gasteiger partial charge in [0.25, 0.3) is 0 Å². The first-order valence-electron chi connectivity index (χ1n) is 4.91. The molecule has 15 heavy (non-hydrogen) atoms. The van der Waals surface area contributed by atoms with Crippen LogP contribution in [0.3, 0.4) is 0 Å². The van der Waals surface area contributed by atoms with Crippen LogP contribution in [-0.4, -0.2) is 32.1 Å². The second kappa shape index (κ2) is 5.78. The van der Waals surface area contributed by atoms with Crippen LogP contribution >= 0.6 is 0 Å². The van der Waals surface area contributed by atoms with Gasteiger partial charge in [-0.25, -0.2) is 8.78 Å². The molecule has 0 aliphatic rings. The van der Waals surface area contributed by atoms with Gasteiger partial charge in [-0.2, -0.15) is 0 Å². The zero-order chi connectivity index (χ0) is 11.3. The molecule has 0 unspecified atom stereocenters. The number of nitrogens with zero attached hydrogens (tertiary/aromatic N) is 1. The monoisotopic (exact) mass is 214 g/mol. The van der Waals surface area contributed by atoms with Gasteiger partial charge in [0.2, 0.25) is 0 Å². The van der Waals surface area contributed by atoms with E-state index >= 15 is 0 Å². The van der Waals surface area contributed by atoms with Crippen molar-refractivity contribution in [1.29, 1.82) is 0 Å². The summed E-state index contributed by atoms with van der Waals surface area (Å²) in [6, 6.07) is 4.26. The largest absolute Gasteiger partial charge is 0.318 e. The summed E-state index contributed by atoms with van der Waals surface area (Å²) in [4.78, 5) is 1.94. The number of halogens is 2. The maximum absolute atomic E-state index is 13.3. The highest BCUT2D eigenvalue weighted by molar-refractivity contribution is 5.18. The minimum Gasteiger partial charge on any atom is -0.318 e. The lowest BCUT2D eigenvalue weighted by atomic mass is 10.2. The van der Waals surface area contributed by atoms with Crippen LogP contribution in [0.2, 0.25) is 0 Å². The van der Waals surface area contributed by atoms with Crippen LogP contribution < -0.4 is 5.32 Å². The van der Waals surface area contributed by atoms with Crippen molar-refractivity contribution >= 4 is 0 Å². The molecule has 0 radical (unpaired) electrons. The molecule has 0 saturated heterocycles. The first-order valence-corrected chi connectivity index (χ1v) is 4.91. The Labute approximate surface area is 88.9 Å². The van der Waals surface area contributed by atoms with Gasteiger partial charge in [0.15, 0.2) is 11.6 Å². The molecule has 1 N–H and O–H groups in total. The molecule has 0 aliphatic heterocycles. The molecule has 2 nitrogen and oxygen atoms in total. The Balaban J connectivity index is 2.60. The number of nitrogens with one attached hydrogen (secondary N) is 1. The quantitative estimate of drug-likeness (QED) is 0.801. The van der Waals surface area contributed by atoms with Crippen LogP contribution in [0.5, 0.6) is 0 Å². The van der Waals surface area contributed by atoms with Crippen LogP contribution in [0.1, 0.15) is 5.56 Å². The fourth-order valence-electron chi connectivity index (χ4n) is 1.34. The molecule has 0 amide bonds. The van der Waals surface area contributed by atoms with Crippen LogP contribution in [-0.2, 0) is 6.54 Å². The third-order valence-corrected chi connectivity index (χ3v) is 2.22. The van der Waals surface area contributed by atoms with Gasteiger partial charge in [-0.1, -0.05) is 12.1 Å². The Morgan fingerprint density at radius 1 is 1.33 bits per heavy atom. The van der Waals surface area contributed by atoms with Crippen LogP contribution in [0, 0.1) is 11.6 Å². The average Bonchev–Trinajstić information content (AvgIpc) is 2.22. The lowest BCUT2D eigenvalue weighted by Gasteiger charge is -2.16. The topological polar surface area (TPSA) is 15.3 Å². The number of hydrogen-bond donors (Lipinski definition) is 1. The number of hydrogen-bond acceptors (Lipinski definition) is 2. The number of likely N-dealkylation sites (N-methyl/N-ethyl adjacent to an activating group) is 2. The normalized spacial score (nSPS) is 11.0. The molecular formula is C11H16F2N2. The summed E-state index contributed by atoms with van der Waals surface area (Å²) >= 11 is 0. The second-order valence-corrected chi connectivity index (χ2v) is 3.55. The maximum atomic E-state index is 13.3. The van der Waals surface area contributed by atoms with Gasteiger partial charge in [-0.3, -0.25) is 0 Å². The summed E-state index contributed by atoms with van der Waals surface area (Å²) in [6.07, 6.45) is 0. The summed E-state index contributed by atoms with van der Waals surface area (Å²) in [5.41, 5.74) is 0.397. The van der Waals surface area contributed by atoms with Crippen molar-refractivity contribution in [3.05, 3.63) is 35.4 Å². The van der Waals surface area contributed by atoms with E-state index in [0.29, 0.717) is 12.1 Å². The Bertz CT molecular complexity index is 315. The molecular weight excluding hydrogens is 198 g/mol. The molecule has 0 bridgehead atoms. The van der Waals surface area contributed by atoms with E-state index in [1.54, 1.807) is 6.07 Å². The first-order chi connectivity index (χ1) is 7.15. The molecule has 4 heteroatoms. The molecule has 1 aromatic carbocycles. The first kappa shape index (κ1) is 12.1. The van der Waals surface area contributed by atoms with E-state index in [9.17, 15) is 8.78 Å². The smallest absolute Gasteiger partial charge is 0.163 e. The molecule has 0 spiro atoms. The van der Waals surface area contributed by atoms with E-state index in [1.807, 2.05) is 19.0 Å². The lowest BCUT2D eigenvalue weighted by Crippen LogP contribution is -2.27. The fraction of sp³-hybridized carbons (Fsp3) is 0.455. The predicted molar refractivity (Wildman–Crippen MR) is 56.6 cm³/mol. The SMILES string of the molecule is CNCCN(C)Cc1cccc(F)c1F. The average molecular weight is 214 g/mol. The Morgan fingerprint density at radius 2 is 2.07 bits per heavy atom. The lowest BCUT2D eigenvalue weighted by molar-refractivity contribution is 0.320. The van der Waals surface area contributed by atoms with Gasteiger partial charge >= 0.3 is 0 Å². The summed E-state index contributed by atoms with van der Waals surface area (Å²) in [6.45, 7) is 2.05. The third-order valence-electron chi connectivity index (χ3n) is 2.22. The van der Waals surface area contributed by atoms with Gasteiger partial charge in [-0.15, -0.1) is 0 Å². The van der Waals surface area contributed by atoms with Crippen molar-refractivity contribution in [3.63, 3.8) is 0 Å². The summed E-state index contributed by atoms with van der Waals surface area (Å²) in [7, 11) is 3.73. The molecule has 0 fully saturated rings. The van der Waals surface area contributed by atoms with Gasteiger partial charge in [0.05, 0.1) is 0 Å². The second-order valence-electron chi connectivity index (χ2n) is 3.55. The van der Waals surface area contributed by atoms with Crippen molar-refractivity contribution in [2.45, 2.75) is 6.54 Å². The van der Waals surface area contributed by atoms with E-state index in [-0.39, 0.29) is 0 Å². The molecule has 84 valence electrons. The maximum Gasteiger partial charge on any atom is 0.163 e. The molecule has 1 aromatic rings. The standard InChI is InChI=1S/C11H16F2N2/c1-14-6-7-15(2)8-9-4-3-5-10(12)11(9)13/h3-5,14H,6-8H2,1-2H3. The van der Waals surface area contributed by atoms with E-state index in [2.05, 4.69) is 5.32 Å². The highest BCUT2D eigenvalue weighted by Gasteiger charge is 2.09. The zero-order valence-corrected chi connectivity index (χ0v) is 9.06. The van der Waals surface area contributed by atoms with Crippen molar-refractivity contribution in [2.75, 3.05) is 27.2 Å². The van der Waals surface area contributed by atoms with Gasteiger partial charge in [-0.05, 0) is 20.2 Å².